The molecule has 106 valence electrons. The van der Waals surface area contributed by atoms with Gasteiger partial charge in [0.2, 0.25) is 0 Å². The average molecular weight is 263 g/mol. The summed E-state index contributed by atoms with van der Waals surface area (Å²) in [5, 5.41) is 6.97. The minimum Gasteiger partial charge on any atom is -0.492 e. The molecule has 0 bridgehead atoms. The van der Waals surface area contributed by atoms with Crippen LogP contribution in [-0.4, -0.2) is 51.3 Å². The summed E-state index contributed by atoms with van der Waals surface area (Å²) in [5.74, 6) is 0.939. The number of benzene rings is 1. The number of nitrogens with zero attached hydrogens (tertiary/aromatic N) is 1. The van der Waals surface area contributed by atoms with Crippen molar-refractivity contribution in [3.8, 4) is 5.75 Å². The lowest BCUT2D eigenvalue weighted by Gasteiger charge is -2.24. The predicted molar refractivity (Wildman–Crippen MR) is 80.0 cm³/mol. The zero-order valence-corrected chi connectivity index (χ0v) is 12.0. The lowest BCUT2D eigenvalue weighted by molar-refractivity contribution is 0.261. The van der Waals surface area contributed by atoms with Crippen LogP contribution in [0, 0.1) is 0 Å². The van der Waals surface area contributed by atoms with E-state index in [1.54, 1.807) is 0 Å². The monoisotopic (exact) mass is 263 g/mol. The van der Waals surface area contributed by atoms with Crippen molar-refractivity contribution in [1.29, 1.82) is 0 Å². The second kappa shape index (κ2) is 7.36. The van der Waals surface area contributed by atoms with Gasteiger partial charge < -0.3 is 20.3 Å². The first-order valence-electron chi connectivity index (χ1n) is 7.09. The van der Waals surface area contributed by atoms with Crippen molar-refractivity contribution in [2.75, 3.05) is 45.7 Å². The van der Waals surface area contributed by atoms with Crippen LogP contribution in [0.2, 0.25) is 0 Å². The quantitative estimate of drug-likeness (QED) is 0.820. The first-order valence-corrected chi connectivity index (χ1v) is 7.09. The normalized spacial score (nSPS) is 19.4. The second-order valence-electron chi connectivity index (χ2n) is 5.36. The summed E-state index contributed by atoms with van der Waals surface area (Å²) >= 11 is 0. The van der Waals surface area contributed by atoms with Crippen molar-refractivity contribution in [1.82, 2.24) is 10.2 Å². The standard InChI is InChI=1S/C15H25N3O/c1-18(2)10-11-19-15-7-5-13(6-8-15)17-14-4-3-9-16-12-14/h5-8,14,16-17H,3-4,9-12H2,1-2H3. The predicted octanol–water partition coefficient (Wildman–Crippen LogP) is 1.79. The van der Waals surface area contributed by atoms with Crippen LogP contribution in [0.4, 0.5) is 5.69 Å². The van der Waals surface area contributed by atoms with Gasteiger partial charge in [0.1, 0.15) is 12.4 Å². The lowest BCUT2D eigenvalue weighted by atomic mass is 10.1. The Balaban J connectivity index is 1.77. The van der Waals surface area contributed by atoms with Gasteiger partial charge >= 0.3 is 0 Å². The molecule has 0 aromatic heterocycles. The average Bonchev–Trinajstić information content (AvgIpc) is 2.42. The molecule has 0 radical (unpaired) electrons. The number of hydrogen-bond acceptors (Lipinski definition) is 4. The topological polar surface area (TPSA) is 36.5 Å². The Kier molecular flexibility index (Phi) is 5.48. The van der Waals surface area contributed by atoms with Gasteiger partial charge in [-0.15, -0.1) is 0 Å². The molecule has 1 saturated heterocycles. The maximum Gasteiger partial charge on any atom is 0.119 e. The van der Waals surface area contributed by atoms with Gasteiger partial charge in [0.15, 0.2) is 0 Å². The first kappa shape index (κ1) is 14.2. The molecule has 1 aromatic rings. The fourth-order valence-corrected chi connectivity index (χ4v) is 2.20. The largest absolute Gasteiger partial charge is 0.492 e. The van der Waals surface area contributed by atoms with E-state index < -0.39 is 0 Å². The molecule has 2 N–H and O–H groups in total. The highest BCUT2D eigenvalue weighted by molar-refractivity contribution is 5.47. The summed E-state index contributed by atoms with van der Waals surface area (Å²) in [6.07, 6.45) is 2.50. The molecule has 1 aromatic carbocycles. The van der Waals surface area contributed by atoms with E-state index in [-0.39, 0.29) is 0 Å². The Morgan fingerprint density at radius 1 is 1.32 bits per heavy atom. The maximum atomic E-state index is 5.68. The fraction of sp³-hybridized carbons (Fsp3) is 0.600. The maximum absolute atomic E-state index is 5.68. The van der Waals surface area contributed by atoms with Crippen molar-refractivity contribution in [2.24, 2.45) is 0 Å². The third kappa shape index (κ3) is 5.09. The second-order valence-corrected chi connectivity index (χ2v) is 5.36. The van der Waals surface area contributed by atoms with E-state index in [1.165, 1.54) is 18.5 Å². The summed E-state index contributed by atoms with van der Waals surface area (Å²) in [6.45, 7) is 3.87. The Morgan fingerprint density at radius 3 is 2.74 bits per heavy atom. The van der Waals surface area contributed by atoms with Gasteiger partial charge in [-0.1, -0.05) is 0 Å². The molecule has 1 unspecified atom stereocenters. The van der Waals surface area contributed by atoms with Crippen LogP contribution >= 0.6 is 0 Å². The third-order valence-corrected chi connectivity index (χ3v) is 3.33. The van der Waals surface area contributed by atoms with Crippen molar-refractivity contribution in [3.63, 3.8) is 0 Å². The van der Waals surface area contributed by atoms with Gasteiger partial charge in [-0.2, -0.15) is 0 Å². The number of nitrogens with one attached hydrogen (secondary N) is 2. The molecule has 1 heterocycles. The zero-order chi connectivity index (χ0) is 13.5. The number of rotatable bonds is 6. The molecule has 0 saturated carbocycles. The van der Waals surface area contributed by atoms with E-state index in [4.69, 9.17) is 4.74 Å². The summed E-state index contributed by atoms with van der Waals surface area (Å²) in [5.41, 5.74) is 1.17. The van der Waals surface area contributed by atoms with Gasteiger partial charge in [-0.3, -0.25) is 0 Å². The van der Waals surface area contributed by atoms with Crippen LogP contribution in [0.15, 0.2) is 24.3 Å². The highest BCUT2D eigenvalue weighted by atomic mass is 16.5. The molecule has 19 heavy (non-hydrogen) atoms. The van der Waals surface area contributed by atoms with Gasteiger partial charge in [0, 0.05) is 24.8 Å². The van der Waals surface area contributed by atoms with Crippen LogP contribution in [0.5, 0.6) is 5.75 Å². The molecule has 4 heteroatoms. The zero-order valence-electron chi connectivity index (χ0n) is 12.0. The molecular weight excluding hydrogens is 238 g/mol. The molecule has 2 rings (SSSR count). The van der Waals surface area contributed by atoms with Crippen LogP contribution in [-0.2, 0) is 0 Å². The SMILES string of the molecule is CN(C)CCOc1ccc(NC2CCCNC2)cc1. The molecule has 4 nitrogen and oxygen atoms in total. The first-order chi connectivity index (χ1) is 9.24. The summed E-state index contributed by atoms with van der Waals surface area (Å²) in [7, 11) is 4.10. The number of ether oxygens (including phenoxy) is 1. The summed E-state index contributed by atoms with van der Waals surface area (Å²) in [4.78, 5) is 2.12. The molecular formula is C15H25N3O. The highest BCUT2D eigenvalue weighted by Crippen LogP contribution is 2.17. The summed E-state index contributed by atoms with van der Waals surface area (Å²) < 4.78 is 5.68. The van der Waals surface area contributed by atoms with Crippen LogP contribution in [0.3, 0.4) is 0 Å². The smallest absolute Gasteiger partial charge is 0.119 e. The van der Waals surface area contributed by atoms with E-state index in [2.05, 4.69) is 41.8 Å². The minimum absolute atomic E-state index is 0.550. The van der Waals surface area contributed by atoms with Gasteiger partial charge in [0.05, 0.1) is 0 Å². The lowest BCUT2D eigenvalue weighted by Crippen LogP contribution is -2.38. The van der Waals surface area contributed by atoms with Gasteiger partial charge in [0.25, 0.3) is 0 Å². The molecule has 0 amide bonds. The molecule has 1 atom stereocenters. The third-order valence-electron chi connectivity index (χ3n) is 3.33. The van der Waals surface area contributed by atoms with Crippen molar-refractivity contribution in [3.05, 3.63) is 24.3 Å². The Labute approximate surface area is 116 Å². The molecule has 1 fully saturated rings. The molecule has 1 aliphatic heterocycles. The Morgan fingerprint density at radius 2 is 2.11 bits per heavy atom. The van der Waals surface area contributed by atoms with Crippen LogP contribution < -0.4 is 15.4 Å². The fourth-order valence-electron chi connectivity index (χ4n) is 2.20. The number of piperidine rings is 1. The van der Waals surface area contributed by atoms with Crippen molar-refractivity contribution >= 4 is 5.69 Å². The van der Waals surface area contributed by atoms with Gasteiger partial charge in [-0.25, -0.2) is 0 Å². The van der Waals surface area contributed by atoms with Gasteiger partial charge in [-0.05, 0) is 57.7 Å². The van der Waals surface area contributed by atoms with E-state index in [9.17, 15) is 0 Å². The number of likely N-dealkylation sites (N-methyl/N-ethyl adjacent to an activating group) is 1. The van der Waals surface area contributed by atoms with E-state index in [1.807, 2.05) is 12.1 Å². The summed E-state index contributed by atoms with van der Waals surface area (Å²) in [6, 6.07) is 8.82. The Hall–Kier alpha value is -1.26. The minimum atomic E-state index is 0.550. The van der Waals surface area contributed by atoms with Crippen molar-refractivity contribution in [2.45, 2.75) is 18.9 Å². The van der Waals surface area contributed by atoms with Crippen LogP contribution in [0.1, 0.15) is 12.8 Å². The highest BCUT2D eigenvalue weighted by Gasteiger charge is 2.11. The number of hydrogen-bond donors (Lipinski definition) is 2. The molecule has 0 aliphatic carbocycles. The Bertz CT molecular complexity index is 358. The van der Waals surface area contributed by atoms with Crippen molar-refractivity contribution < 1.29 is 4.74 Å². The van der Waals surface area contributed by atoms with E-state index in [0.717, 1.165) is 32.0 Å². The van der Waals surface area contributed by atoms with Crippen LogP contribution in [0.25, 0.3) is 0 Å². The van der Waals surface area contributed by atoms with E-state index in [0.29, 0.717) is 6.04 Å². The van der Waals surface area contributed by atoms with E-state index >= 15 is 0 Å². The molecule has 1 aliphatic rings. The molecule has 0 spiro atoms. The number of anilines is 1.